The minimum absolute atomic E-state index is 0.286. The maximum Gasteiger partial charge on any atom is 0.316 e. The van der Waals surface area contributed by atoms with Crippen LogP contribution >= 0.6 is 0 Å². The Morgan fingerprint density at radius 1 is 1.31 bits per heavy atom. The topological polar surface area (TPSA) is 73.8 Å². The van der Waals surface area contributed by atoms with Crippen molar-refractivity contribution in [2.75, 3.05) is 20.1 Å². The first kappa shape index (κ1) is 11.1. The molecule has 2 rings (SSSR count). The molecule has 6 heteroatoms. The lowest BCUT2D eigenvalue weighted by Gasteiger charge is -2.31. The van der Waals surface area contributed by atoms with Crippen LogP contribution in [-0.2, 0) is 9.59 Å². The van der Waals surface area contributed by atoms with Crippen LogP contribution in [0, 0.1) is 0 Å². The third-order valence-electron chi connectivity index (χ3n) is 3.05. The Kier molecular flexibility index (Phi) is 3.19. The van der Waals surface area contributed by atoms with E-state index in [1.165, 1.54) is 12.8 Å². The summed E-state index contributed by atoms with van der Waals surface area (Å²) < 4.78 is 0. The Balaban J connectivity index is 1.88. The molecular formula is C10H16N4O2. The van der Waals surface area contributed by atoms with Gasteiger partial charge in [0.2, 0.25) is 5.96 Å². The zero-order chi connectivity index (χ0) is 11.5. The van der Waals surface area contributed by atoms with Gasteiger partial charge in [0.25, 0.3) is 0 Å². The van der Waals surface area contributed by atoms with Gasteiger partial charge in [0.05, 0.1) is 6.54 Å². The third kappa shape index (κ3) is 2.38. The molecule has 0 radical (unpaired) electrons. The summed E-state index contributed by atoms with van der Waals surface area (Å²) in [4.78, 5) is 28.3. The van der Waals surface area contributed by atoms with Crippen LogP contribution in [0.25, 0.3) is 0 Å². The highest BCUT2D eigenvalue weighted by Gasteiger charge is 2.26. The van der Waals surface area contributed by atoms with Crippen molar-refractivity contribution in [3.05, 3.63) is 0 Å². The molecule has 0 aliphatic carbocycles. The zero-order valence-electron chi connectivity index (χ0n) is 9.32. The summed E-state index contributed by atoms with van der Waals surface area (Å²) in [6, 6.07) is 0.413. The SMILES string of the molecule is CN1CCCCC1CN=C1NC(=O)C(=O)N1. The highest BCUT2D eigenvalue weighted by atomic mass is 16.2. The molecular weight excluding hydrogens is 208 g/mol. The molecule has 2 aliphatic heterocycles. The van der Waals surface area contributed by atoms with Gasteiger partial charge in [-0.1, -0.05) is 6.42 Å². The van der Waals surface area contributed by atoms with E-state index in [0.717, 1.165) is 13.0 Å². The van der Waals surface area contributed by atoms with Gasteiger partial charge >= 0.3 is 11.8 Å². The van der Waals surface area contributed by atoms with E-state index in [9.17, 15) is 9.59 Å². The van der Waals surface area contributed by atoms with Crippen LogP contribution < -0.4 is 10.6 Å². The fourth-order valence-corrected chi connectivity index (χ4v) is 2.01. The number of hydrogen-bond acceptors (Lipinski definition) is 4. The van der Waals surface area contributed by atoms with Gasteiger partial charge in [-0.3, -0.25) is 25.2 Å². The fraction of sp³-hybridized carbons (Fsp3) is 0.700. The van der Waals surface area contributed by atoms with Crippen LogP contribution in [0.1, 0.15) is 19.3 Å². The Hall–Kier alpha value is -1.43. The lowest BCUT2D eigenvalue weighted by Crippen LogP contribution is -2.39. The number of hydrogen-bond donors (Lipinski definition) is 2. The number of likely N-dealkylation sites (tertiary alicyclic amines) is 1. The monoisotopic (exact) mass is 224 g/mol. The van der Waals surface area contributed by atoms with Gasteiger partial charge in [-0.15, -0.1) is 0 Å². The number of aliphatic imine (C=N–C) groups is 1. The summed E-state index contributed by atoms with van der Waals surface area (Å²) in [5.41, 5.74) is 0. The summed E-state index contributed by atoms with van der Waals surface area (Å²) in [5.74, 6) is -0.972. The zero-order valence-corrected chi connectivity index (χ0v) is 9.32. The standard InChI is InChI=1S/C10H16N4O2/c1-14-5-3-2-4-7(14)6-11-10-12-8(15)9(16)13-10/h7H,2-6H2,1H3,(H2,11,12,13,15,16). The van der Waals surface area contributed by atoms with Crippen molar-refractivity contribution >= 4 is 17.8 Å². The minimum atomic E-state index is -0.629. The largest absolute Gasteiger partial charge is 0.316 e. The van der Waals surface area contributed by atoms with Crippen molar-refractivity contribution in [3.63, 3.8) is 0 Å². The molecule has 0 aromatic rings. The van der Waals surface area contributed by atoms with E-state index >= 15 is 0 Å². The summed E-state index contributed by atoms with van der Waals surface area (Å²) in [7, 11) is 2.08. The predicted molar refractivity (Wildman–Crippen MR) is 58.9 cm³/mol. The van der Waals surface area contributed by atoms with Crippen molar-refractivity contribution in [3.8, 4) is 0 Å². The van der Waals surface area contributed by atoms with Gasteiger partial charge in [0.1, 0.15) is 0 Å². The average molecular weight is 224 g/mol. The lowest BCUT2D eigenvalue weighted by atomic mass is 10.0. The molecule has 0 aromatic carbocycles. The number of rotatable bonds is 2. The molecule has 0 bridgehead atoms. The van der Waals surface area contributed by atoms with Gasteiger partial charge < -0.3 is 4.90 Å². The van der Waals surface area contributed by atoms with Crippen molar-refractivity contribution in [1.82, 2.24) is 15.5 Å². The molecule has 1 atom stereocenters. The van der Waals surface area contributed by atoms with Crippen LogP contribution in [0.2, 0.25) is 0 Å². The van der Waals surface area contributed by atoms with E-state index in [4.69, 9.17) is 0 Å². The summed E-state index contributed by atoms with van der Waals surface area (Å²) in [6.45, 7) is 1.71. The van der Waals surface area contributed by atoms with Crippen LogP contribution in [-0.4, -0.2) is 48.9 Å². The van der Waals surface area contributed by atoms with E-state index in [1.54, 1.807) is 0 Å². The number of carbonyl (C=O) groups excluding carboxylic acids is 2. The molecule has 6 nitrogen and oxygen atoms in total. The van der Waals surface area contributed by atoms with Crippen LogP contribution in [0.5, 0.6) is 0 Å². The molecule has 2 heterocycles. The van der Waals surface area contributed by atoms with E-state index in [2.05, 4.69) is 27.6 Å². The van der Waals surface area contributed by atoms with Gasteiger partial charge in [-0.25, -0.2) is 0 Å². The third-order valence-corrected chi connectivity index (χ3v) is 3.05. The van der Waals surface area contributed by atoms with E-state index in [1.807, 2.05) is 0 Å². The number of guanidine groups is 1. The smallest absolute Gasteiger partial charge is 0.302 e. The second-order valence-corrected chi connectivity index (χ2v) is 4.23. The molecule has 16 heavy (non-hydrogen) atoms. The number of piperidine rings is 1. The first-order valence-corrected chi connectivity index (χ1v) is 5.54. The molecule has 0 aromatic heterocycles. The fourth-order valence-electron chi connectivity index (χ4n) is 2.01. The van der Waals surface area contributed by atoms with Gasteiger partial charge in [0.15, 0.2) is 0 Å². The highest BCUT2D eigenvalue weighted by molar-refractivity contribution is 6.45. The minimum Gasteiger partial charge on any atom is -0.302 e. The molecule has 2 N–H and O–H groups in total. The Morgan fingerprint density at radius 2 is 2.00 bits per heavy atom. The number of likely N-dealkylation sites (N-methyl/N-ethyl adjacent to an activating group) is 1. The second-order valence-electron chi connectivity index (χ2n) is 4.23. The number of carbonyl (C=O) groups is 2. The summed E-state index contributed by atoms with van der Waals surface area (Å²) >= 11 is 0. The molecule has 0 saturated carbocycles. The first-order valence-electron chi connectivity index (χ1n) is 5.54. The van der Waals surface area contributed by atoms with Gasteiger partial charge in [0, 0.05) is 6.04 Å². The molecule has 2 saturated heterocycles. The average Bonchev–Trinajstić information content (AvgIpc) is 2.57. The van der Waals surface area contributed by atoms with Crippen molar-refractivity contribution in [1.29, 1.82) is 0 Å². The quantitative estimate of drug-likeness (QED) is 0.595. The molecule has 2 aliphatic rings. The molecule has 1 unspecified atom stereocenters. The lowest BCUT2D eigenvalue weighted by molar-refractivity contribution is -0.135. The van der Waals surface area contributed by atoms with Crippen LogP contribution in [0.4, 0.5) is 0 Å². The number of amides is 2. The highest BCUT2D eigenvalue weighted by Crippen LogP contribution is 2.14. The second kappa shape index (κ2) is 4.61. The van der Waals surface area contributed by atoms with Crippen molar-refractivity contribution in [2.24, 2.45) is 4.99 Å². The summed E-state index contributed by atoms with van der Waals surface area (Å²) in [5, 5.41) is 4.78. The Labute approximate surface area is 94.1 Å². The Morgan fingerprint density at radius 3 is 2.62 bits per heavy atom. The van der Waals surface area contributed by atoms with E-state index in [-0.39, 0.29) is 5.96 Å². The van der Waals surface area contributed by atoms with E-state index < -0.39 is 11.8 Å². The number of nitrogens with zero attached hydrogens (tertiary/aromatic N) is 2. The van der Waals surface area contributed by atoms with E-state index in [0.29, 0.717) is 12.6 Å². The van der Waals surface area contributed by atoms with Crippen LogP contribution in [0.3, 0.4) is 0 Å². The predicted octanol–water partition coefficient (Wildman–Crippen LogP) is -0.927. The molecule has 0 spiro atoms. The molecule has 2 amide bonds. The van der Waals surface area contributed by atoms with Gasteiger partial charge in [-0.2, -0.15) is 0 Å². The first-order chi connectivity index (χ1) is 7.66. The van der Waals surface area contributed by atoms with Gasteiger partial charge in [-0.05, 0) is 26.4 Å². The van der Waals surface area contributed by atoms with Crippen LogP contribution in [0.15, 0.2) is 4.99 Å². The normalized spacial score (nSPS) is 26.6. The van der Waals surface area contributed by atoms with Crippen molar-refractivity contribution in [2.45, 2.75) is 25.3 Å². The van der Waals surface area contributed by atoms with Crippen molar-refractivity contribution < 1.29 is 9.59 Å². The maximum absolute atomic E-state index is 10.9. The number of nitrogens with one attached hydrogen (secondary N) is 2. The molecule has 2 fully saturated rings. The summed E-state index contributed by atoms with van der Waals surface area (Å²) in [6.07, 6.45) is 3.57. The molecule has 88 valence electrons. The Bertz CT molecular complexity index is 322. The maximum atomic E-state index is 10.9.